The monoisotopic (exact) mass is 356 g/mol. The van der Waals surface area contributed by atoms with E-state index in [4.69, 9.17) is 11.6 Å². The van der Waals surface area contributed by atoms with E-state index in [1.165, 1.54) is 24.3 Å². The number of rotatable bonds is 6. The van der Waals surface area contributed by atoms with E-state index in [0.29, 0.717) is 6.42 Å². The summed E-state index contributed by atoms with van der Waals surface area (Å²) < 4.78 is 26.7. The fourth-order valence-electron chi connectivity index (χ4n) is 1.88. The Bertz CT molecular complexity index is 822. The Hall–Kier alpha value is -2.16. The van der Waals surface area contributed by atoms with Crippen LogP contribution in [0.4, 0.5) is 5.69 Å². The summed E-state index contributed by atoms with van der Waals surface area (Å²) in [5.41, 5.74) is 0.376. The van der Waals surface area contributed by atoms with Crippen LogP contribution < -0.4 is 4.72 Å². The van der Waals surface area contributed by atoms with Crippen molar-refractivity contribution >= 4 is 27.3 Å². The van der Waals surface area contributed by atoms with Gasteiger partial charge in [0.2, 0.25) is 10.0 Å². The predicted octanol–water partition coefficient (Wildman–Crippen LogP) is 2.47. The maximum atomic E-state index is 12.1. The van der Waals surface area contributed by atoms with Crippen LogP contribution in [0.5, 0.6) is 5.75 Å². The van der Waals surface area contributed by atoms with Crippen molar-refractivity contribution in [1.29, 1.82) is 0 Å². The van der Waals surface area contributed by atoms with Crippen LogP contribution in [0.2, 0.25) is 5.02 Å². The summed E-state index contributed by atoms with van der Waals surface area (Å²) in [5.74, 6) is 0.128. The lowest BCUT2D eigenvalue weighted by Gasteiger charge is -2.07. The summed E-state index contributed by atoms with van der Waals surface area (Å²) in [5, 5.41) is 19.9. The fraction of sp³-hybridized carbons (Fsp3) is 0.143. The SMILES string of the molecule is O=[N+]([O-])c1cc(S(=O)(=O)NCCc2ccc(O)cc2)ccc1Cl. The molecule has 7 nitrogen and oxygen atoms in total. The van der Waals surface area contributed by atoms with E-state index < -0.39 is 20.6 Å². The van der Waals surface area contributed by atoms with Crippen LogP contribution in [0.1, 0.15) is 5.56 Å². The fourth-order valence-corrected chi connectivity index (χ4v) is 3.11. The molecule has 0 heterocycles. The first kappa shape index (κ1) is 17.2. The second-order valence-corrected chi connectivity index (χ2v) is 6.86. The van der Waals surface area contributed by atoms with Gasteiger partial charge >= 0.3 is 0 Å². The van der Waals surface area contributed by atoms with Gasteiger partial charge in [0.1, 0.15) is 10.8 Å². The van der Waals surface area contributed by atoms with E-state index in [2.05, 4.69) is 4.72 Å². The molecule has 0 unspecified atom stereocenters. The van der Waals surface area contributed by atoms with E-state index in [0.717, 1.165) is 11.6 Å². The molecule has 0 aliphatic carbocycles. The van der Waals surface area contributed by atoms with Crippen molar-refractivity contribution in [3.8, 4) is 5.75 Å². The van der Waals surface area contributed by atoms with Crippen molar-refractivity contribution in [1.82, 2.24) is 4.72 Å². The van der Waals surface area contributed by atoms with Crippen LogP contribution >= 0.6 is 11.6 Å². The molecule has 0 atom stereocenters. The number of benzene rings is 2. The Kier molecular flexibility index (Phi) is 5.19. The van der Waals surface area contributed by atoms with Crippen LogP contribution in [-0.2, 0) is 16.4 Å². The first-order valence-electron chi connectivity index (χ1n) is 6.51. The summed E-state index contributed by atoms with van der Waals surface area (Å²) in [6.45, 7) is 0.115. The van der Waals surface area contributed by atoms with Gasteiger partial charge in [0.25, 0.3) is 5.69 Å². The van der Waals surface area contributed by atoms with Crippen LogP contribution in [0.15, 0.2) is 47.4 Å². The van der Waals surface area contributed by atoms with Crippen molar-refractivity contribution < 1.29 is 18.4 Å². The summed E-state index contributed by atoms with van der Waals surface area (Å²) in [6.07, 6.45) is 0.412. The Morgan fingerprint density at radius 2 is 1.83 bits per heavy atom. The molecule has 0 radical (unpaired) electrons. The number of hydrogen-bond acceptors (Lipinski definition) is 5. The lowest BCUT2D eigenvalue weighted by Crippen LogP contribution is -2.26. The minimum atomic E-state index is -3.87. The maximum Gasteiger partial charge on any atom is 0.289 e. The highest BCUT2D eigenvalue weighted by Crippen LogP contribution is 2.26. The molecule has 2 N–H and O–H groups in total. The molecule has 2 rings (SSSR count). The number of nitrogens with one attached hydrogen (secondary N) is 1. The van der Waals surface area contributed by atoms with Crippen LogP contribution in [-0.4, -0.2) is 25.0 Å². The van der Waals surface area contributed by atoms with Crippen LogP contribution in [0.3, 0.4) is 0 Å². The van der Waals surface area contributed by atoms with Gasteiger partial charge in [-0.1, -0.05) is 23.7 Å². The van der Waals surface area contributed by atoms with Gasteiger partial charge in [0, 0.05) is 12.6 Å². The number of phenols is 1. The van der Waals surface area contributed by atoms with Crippen molar-refractivity contribution in [2.75, 3.05) is 6.54 Å². The van der Waals surface area contributed by atoms with Gasteiger partial charge in [-0.05, 0) is 36.2 Å². The number of hydrogen-bond donors (Lipinski definition) is 2. The highest BCUT2D eigenvalue weighted by atomic mass is 35.5. The van der Waals surface area contributed by atoms with E-state index in [1.54, 1.807) is 12.1 Å². The summed E-state index contributed by atoms with van der Waals surface area (Å²) in [4.78, 5) is 9.85. The third-order valence-corrected chi connectivity index (χ3v) is 4.85. The average molecular weight is 357 g/mol. The number of phenolic OH excluding ortho intramolecular Hbond substituents is 1. The van der Waals surface area contributed by atoms with Gasteiger partial charge in [-0.15, -0.1) is 0 Å². The quantitative estimate of drug-likeness (QED) is 0.610. The second kappa shape index (κ2) is 6.95. The number of sulfonamides is 1. The van der Waals surface area contributed by atoms with Gasteiger partial charge in [-0.25, -0.2) is 13.1 Å². The number of nitro groups is 1. The van der Waals surface area contributed by atoms with Crippen molar-refractivity contribution in [2.24, 2.45) is 0 Å². The molecule has 0 saturated carbocycles. The molecule has 0 fully saturated rings. The van der Waals surface area contributed by atoms with E-state index in [9.17, 15) is 23.6 Å². The highest BCUT2D eigenvalue weighted by molar-refractivity contribution is 7.89. The van der Waals surface area contributed by atoms with Gasteiger partial charge in [0.05, 0.1) is 9.82 Å². The Labute approximate surface area is 137 Å². The standard InChI is InChI=1S/C14H13ClN2O5S/c15-13-6-5-12(9-14(13)17(19)20)23(21,22)16-8-7-10-1-3-11(18)4-2-10/h1-6,9,16,18H,7-8H2. The molecule has 0 saturated heterocycles. The minimum Gasteiger partial charge on any atom is -0.508 e. The Morgan fingerprint density at radius 1 is 1.17 bits per heavy atom. The largest absolute Gasteiger partial charge is 0.508 e. The molecule has 0 amide bonds. The molecular formula is C14H13ClN2O5S. The normalized spacial score (nSPS) is 11.3. The van der Waals surface area contributed by atoms with E-state index in [1.807, 2.05) is 0 Å². The number of nitrogens with zero attached hydrogens (tertiary/aromatic N) is 1. The highest BCUT2D eigenvalue weighted by Gasteiger charge is 2.20. The molecule has 0 spiro atoms. The number of halogens is 1. The van der Waals surface area contributed by atoms with Crippen LogP contribution in [0, 0.1) is 10.1 Å². The predicted molar refractivity (Wildman–Crippen MR) is 85.1 cm³/mol. The molecular weight excluding hydrogens is 344 g/mol. The van der Waals surface area contributed by atoms with E-state index >= 15 is 0 Å². The molecule has 0 aliphatic rings. The molecule has 2 aromatic carbocycles. The molecule has 0 aromatic heterocycles. The zero-order valence-corrected chi connectivity index (χ0v) is 13.3. The van der Waals surface area contributed by atoms with Crippen LogP contribution in [0.25, 0.3) is 0 Å². The first-order valence-corrected chi connectivity index (χ1v) is 8.37. The third-order valence-electron chi connectivity index (χ3n) is 3.07. The molecule has 2 aromatic rings. The molecule has 0 bridgehead atoms. The topological polar surface area (TPSA) is 110 Å². The lowest BCUT2D eigenvalue weighted by molar-refractivity contribution is -0.384. The molecule has 0 aliphatic heterocycles. The molecule has 122 valence electrons. The molecule has 23 heavy (non-hydrogen) atoms. The Morgan fingerprint density at radius 3 is 2.43 bits per heavy atom. The van der Waals surface area contributed by atoms with Crippen molar-refractivity contribution in [3.05, 3.63) is 63.2 Å². The van der Waals surface area contributed by atoms with Crippen molar-refractivity contribution in [2.45, 2.75) is 11.3 Å². The van der Waals surface area contributed by atoms with Gasteiger partial charge < -0.3 is 5.11 Å². The minimum absolute atomic E-state index is 0.115. The summed E-state index contributed by atoms with van der Waals surface area (Å²) in [7, 11) is -3.87. The third kappa shape index (κ3) is 4.41. The summed E-state index contributed by atoms with van der Waals surface area (Å²) >= 11 is 5.66. The van der Waals surface area contributed by atoms with Gasteiger partial charge in [-0.3, -0.25) is 10.1 Å². The summed E-state index contributed by atoms with van der Waals surface area (Å²) in [6, 6.07) is 9.67. The Balaban J connectivity index is 2.08. The second-order valence-electron chi connectivity index (χ2n) is 4.68. The first-order chi connectivity index (χ1) is 10.8. The zero-order valence-electron chi connectivity index (χ0n) is 11.8. The smallest absolute Gasteiger partial charge is 0.289 e. The zero-order chi connectivity index (χ0) is 17.0. The van der Waals surface area contributed by atoms with Gasteiger partial charge in [0.15, 0.2) is 0 Å². The average Bonchev–Trinajstić information content (AvgIpc) is 2.49. The molecule has 9 heteroatoms. The number of nitro benzene ring substituents is 1. The van der Waals surface area contributed by atoms with Crippen molar-refractivity contribution in [3.63, 3.8) is 0 Å². The maximum absolute atomic E-state index is 12.1. The van der Waals surface area contributed by atoms with Gasteiger partial charge in [-0.2, -0.15) is 0 Å². The number of aromatic hydroxyl groups is 1. The lowest BCUT2D eigenvalue weighted by atomic mass is 10.1. The van der Waals surface area contributed by atoms with E-state index in [-0.39, 0.29) is 22.2 Å².